The molecular formula is C21H28FN3O. The van der Waals surface area contributed by atoms with Crippen LogP contribution in [0.3, 0.4) is 0 Å². The predicted octanol–water partition coefficient (Wildman–Crippen LogP) is 4.10. The van der Waals surface area contributed by atoms with Gasteiger partial charge in [0.1, 0.15) is 11.6 Å². The average Bonchev–Trinajstić information content (AvgIpc) is 2.61. The fourth-order valence-corrected chi connectivity index (χ4v) is 2.96. The largest absolute Gasteiger partial charge is 0.507 e. The van der Waals surface area contributed by atoms with Crippen LogP contribution in [0.1, 0.15) is 31.0 Å². The summed E-state index contributed by atoms with van der Waals surface area (Å²) in [6, 6.07) is 12.2. The summed E-state index contributed by atoms with van der Waals surface area (Å²) in [6.45, 7) is 6.43. The Labute approximate surface area is 155 Å². The molecule has 1 N–H and O–H groups in total. The molecule has 2 aromatic rings. The third kappa shape index (κ3) is 5.05. The first-order valence-corrected chi connectivity index (χ1v) is 8.95. The number of benzene rings is 2. The Bertz CT molecular complexity index is 742. The Hall–Kier alpha value is -2.40. The maximum absolute atomic E-state index is 13.5. The van der Waals surface area contributed by atoms with Crippen LogP contribution in [-0.4, -0.2) is 50.0 Å². The molecular weight excluding hydrogens is 329 g/mol. The number of nitrogens with zero attached hydrogens (tertiary/aromatic N) is 3. The first-order chi connectivity index (χ1) is 12.5. The standard InChI is InChI=1S/C21H28FN3O/c1-5-25(6-2)19-11-10-17(21(26)13-19)14-23-15-20(24(3)4)16-8-7-9-18(22)12-16/h7-14,20,26H,5-6,15H2,1-4H3/t20-/m0/s1. The van der Waals surface area contributed by atoms with Crippen molar-refractivity contribution >= 4 is 11.9 Å². The van der Waals surface area contributed by atoms with Gasteiger partial charge >= 0.3 is 0 Å². The van der Waals surface area contributed by atoms with Crippen LogP contribution in [-0.2, 0) is 0 Å². The molecule has 0 bridgehead atoms. The van der Waals surface area contributed by atoms with Crippen LogP contribution in [0.5, 0.6) is 5.75 Å². The topological polar surface area (TPSA) is 39.1 Å². The van der Waals surface area contributed by atoms with Crippen molar-refractivity contribution in [3.8, 4) is 5.75 Å². The number of aromatic hydroxyl groups is 1. The fourth-order valence-electron chi connectivity index (χ4n) is 2.96. The summed E-state index contributed by atoms with van der Waals surface area (Å²) in [5.74, 6) is -0.0340. The number of phenols is 1. The van der Waals surface area contributed by atoms with Crippen LogP contribution in [0.15, 0.2) is 47.5 Å². The molecule has 0 aliphatic rings. The van der Waals surface area contributed by atoms with Gasteiger partial charge in [0.2, 0.25) is 0 Å². The summed E-state index contributed by atoms with van der Waals surface area (Å²) in [6.07, 6.45) is 1.68. The zero-order chi connectivity index (χ0) is 19.1. The lowest BCUT2D eigenvalue weighted by molar-refractivity contribution is 0.306. The molecule has 26 heavy (non-hydrogen) atoms. The molecule has 4 nitrogen and oxygen atoms in total. The number of rotatable bonds is 8. The molecule has 0 aliphatic heterocycles. The summed E-state index contributed by atoms with van der Waals surface area (Å²) >= 11 is 0. The number of aliphatic imine (C=N–C) groups is 1. The zero-order valence-electron chi connectivity index (χ0n) is 16.0. The van der Waals surface area contributed by atoms with E-state index in [0.717, 1.165) is 24.3 Å². The minimum absolute atomic E-state index is 0.0287. The molecule has 0 aliphatic carbocycles. The van der Waals surface area contributed by atoms with Crippen LogP contribution in [0.25, 0.3) is 0 Å². The summed E-state index contributed by atoms with van der Waals surface area (Å²) in [5.41, 5.74) is 2.56. The van der Waals surface area contributed by atoms with Crippen molar-refractivity contribution in [2.24, 2.45) is 4.99 Å². The maximum Gasteiger partial charge on any atom is 0.126 e. The summed E-state index contributed by atoms with van der Waals surface area (Å²) in [7, 11) is 3.89. The van der Waals surface area contributed by atoms with E-state index in [1.54, 1.807) is 18.3 Å². The van der Waals surface area contributed by atoms with Crippen LogP contribution < -0.4 is 4.90 Å². The molecule has 0 spiro atoms. The number of halogens is 1. The molecule has 5 heteroatoms. The van der Waals surface area contributed by atoms with Gasteiger partial charge in [-0.15, -0.1) is 0 Å². The minimum Gasteiger partial charge on any atom is -0.507 e. The van der Waals surface area contributed by atoms with Gasteiger partial charge in [-0.3, -0.25) is 4.99 Å². The van der Waals surface area contributed by atoms with Gasteiger partial charge < -0.3 is 14.9 Å². The highest BCUT2D eigenvalue weighted by atomic mass is 19.1. The second-order valence-electron chi connectivity index (χ2n) is 6.44. The van der Waals surface area contributed by atoms with Gasteiger partial charge in [-0.2, -0.15) is 0 Å². The van der Waals surface area contributed by atoms with Crippen LogP contribution >= 0.6 is 0 Å². The molecule has 0 saturated heterocycles. The second-order valence-corrected chi connectivity index (χ2v) is 6.44. The van der Waals surface area contributed by atoms with Crippen LogP contribution in [0.2, 0.25) is 0 Å². The van der Waals surface area contributed by atoms with E-state index in [9.17, 15) is 9.50 Å². The van der Waals surface area contributed by atoms with E-state index in [-0.39, 0.29) is 17.6 Å². The van der Waals surface area contributed by atoms with Gasteiger partial charge in [0.15, 0.2) is 0 Å². The molecule has 0 fully saturated rings. The van der Waals surface area contributed by atoms with Gasteiger partial charge in [0.25, 0.3) is 0 Å². The van der Waals surface area contributed by atoms with Gasteiger partial charge in [-0.25, -0.2) is 4.39 Å². The van der Waals surface area contributed by atoms with Gasteiger partial charge in [0.05, 0.1) is 12.6 Å². The fraction of sp³-hybridized carbons (Fsp3) is 0.381. The SMILES string of the molecule is CCN(CC)c1ccc(C=NC[C@@H](c2cccc(F)c2)N(C)C)c(O)c1. The Balaban J connectivity index is 2.13. The Morgan fingerprint density at radius 1 is 1.12 bits per heavy atom. The van der Waals surface area contributed by atoms with E-state index in [1.807, 2.05) is 37.2 Å². The molecule has 0 amide bonds. The van der Waals surface area contributed by atoms with E-state index in [2.05, 4.69) is 23.7 Å². The molecule has 2 rings (SSSR count). The molecule has 140 valence electrons. The molecule has 0 saturated carbocycles. The van der Waals surface area contributed by atoms with E-state index in [4.69, 9.17) is 0 Å². The van der Waals surface area contributed by atoms with Crippen molar-refractivity contribution in [1.29, 1.82) is 0 Å². The van der Waals surface area contributed by atoms with Gasteiger partial charge in [-0.1, -0.05) is 12.1 Å². The quantitative estimate of drug-likeness (QED) is 0.723. The lowest BCUT2D eigenvalue weighted by atomic mass is 10.1. The Morgan fingerprint density at radius 2 is 1.85 bits per heavy atom. The van der Waals surface area contributed by atoms with Crippen molar-refractivity contribution in [3.05, 3.63) is 59.4 Å². The lowest BCUT2D eigenvalue weighted by Gasteiger charge is -2.23. The minimum atomic E-state index is -0.247. The highest BCUT2D eigenvalue weighted by molar-refractivity contribution is 5.84. The van der Waals surface area contributed by atoms with Crippen LogP contribution in [0, 0.1) is 5.82 Å². The summed E-state index contributed by atoms with van der Waals surface area (Å²) in [5, 5.41) is 10.3. The van der Waals surface area contributed by atoms with Gasteiger partial charge in [0, 0.05) is 36.6 Å². The molecule has 0 heterocycles. The van der Waals surface area contributed by atoms with E-state index < -0.39 is 0 Å². The van der Waals surface area contributed by atoms with Crippen LogP contribution in [0.4, 0.5) is 10.1 Å². The predicted molar refractivity (Wildman–Crippen MR) is 107 cm³/mol. The number of hydrogen-bond acceptors (Lipinski definition) is 4. The molecule has 0 unspecified atom stereocenters. The third-order valence-corrected chi connectivity index (χ3v) is 4.51. The normalized spacial score (nSPS) is 12.7. The second kappa shape index (κ2) is 9.34. The highest BCUT2D eigenvalue weighted by Gasteiger charge is 2.14. The first kappa shape index (κ1) is 19.9. The molecule has 2 aromatic carbocycles. The van der Waals surface area contributed by atoms with Crippen molar-refractivity contribution in [2.45, 2.75) is 19.9 Å². The molecule has 1 atom stereocenters. The number of anilines is 1. The number of hydrogen-bond donors (Lipinski definition) is 1. The first-order valence-electron chi connectivity index (χ1n) is 8.95. The van der Waals surface area contributed by atoms with Crippen molar-refractivity contribution < 1.29 is 9.50 Å². The number of phenolic OH excluding ortho intramolecular Hbond substituents is 1. The zero-order valence-corrected chi connectivity index (χ0v) is 16.0. The smallest absolute Gasteiger partial charge is 0.126 e. The highest BCUT2D eigenvalue weighted by Crippen LogP contribution is 2.24. The van der Waals surface area contributed by atoms with E-state index in [0.29, 0.717) is 12.1 Å². The van der Waals surface area contributed by atoms with E-state index in [1.165, 1.54) is 12.1 Å². The third-order valence-electron chi connectivity index (χ3n) is 4.51. The molecule has 0 aromatic heterocycles. The molecule has 0 radical (unpaired) electrons. The average molecular weight is 357 g/mol. The van der Waals surface area contributed by atoms with Crippen molar-refractivity contribution in [3.63, 3.8) is 0 Å². The lowest BCUT2D eigenvalue weighted by Crippen LogP contribution is -2.22. The monoisotopic (exact) mass is 357 g/mol. The maximum atomic E-state index is 13.5. The summed E-state index contributed by atoms with van der Waals surface area (Å²) < 4.78 is 13.5. The van der Waals surface area contributed by atoms with Crippen molar-refractivity contribution in [1.82, 2.24) is 4.90 Å². The summed E-state index contributed by atoms with van der Waals surface area (Å²) in [4.78, 5) is 8.66. The van der Waals surface area contributed by atoms with Gasteiger partial charge in [-0.05, 0) is 57.8 Å². The van der Waals surface area contributed by atoms with Crippen molar-refractivity contribution in [2.75, 3.05) is 38.6 Å². The Morgan fingerprint density at radius 3 is 2.42 bits per heavy atom. The Kier molecular flexibility index (Phi) is 7.16. The number of likely N-dealkylation sites (N-methyl/N-ethyl adjacent to an activating group) is 1. The van der Waals surface area contributed by atoms with E-state index >= 15 is 0 Å².